The Kier molecular flexibility index (Phi) is 6.08. The van der Waals surface area contributed by atoms with Crippen molar-refractivity contribution >= 4 is 24.0 Å². The molecule has 0 heterocycles. The van der Waals surface area contributed by atoms with Crippen LogP contribution in [0.2, 0.25) is 5.02 Å². The maximum absolute atomic E-state index is 5.93. The third-order valence-corrected chi connectivity index (χ3v) is 2.13. The van der Waals surface area contributed by atoms with E-state index in [2.05, 4.69) is 0 Å². The molecule has 0 amide bonds. The molecule has 0 bridgehead atoms. The zero-order chi connectivity index (χ0) is 8.97. The Bertz CT molecular complexity index is 253. The van der Waals surface area contributed by atoms with Gasteiger partial charge in [-0.2, -0.15) is 0 Å². The Balaban J connectivity index is 0.00000144. The molecule has 0 unspecified atom stereocenters. The maximum Gasteiger partial charge on any atom is 0.0453 e. The molecule has 0 saturated carbocycles. The lowest BCUT2D eigenvalue weighted by Gasteiger charge is -2.11. The molecule has 0 spiro atoms. The van der Waals surface area contributed by atoms with Gasteiger partial charge in [-0.1, -0.05) is 29.8 Å². The highest BCUT2D eigenvalue weighted by Crippen LogP contribution is 2.22. The van der Waals surface area contributed by atoms with Crippen LogP contribution in [0, 0.1) is 0 Å². The van der Waals surface area contributed by atoms with Gasteiger partial charge in [0.05, 0.1) is 0 Å². The van der Waals surface area contributed by atoms with Gasteiger partial charge in [-0.05, 0) is 24.6 Å². The van der Waals surface area contributed by atoms with Gasteiger partial charge < -0.3 is 11.5 Å². The van der Waals surface area contributed by atoms with E-state index in [4.69, 9.17) is 23.1 Å². The zero-order valence-electron chi connectivity index (χ0n) is 7.24. The zero-order valence-corrected chi connectivity index (χ0v) is 8.81. The first-order chi connectivity index (χ1) is 5.75. The first kappa shape index (κ1) is 12.7. The third kappa shape index (κ3) is 3.53. The van der Waals surface area contributed by atoms with Gasteiger partial charge in [-0.25, -0.2) is 0 Å². The fraction of sp³-hybridized carbons (Fsp3) is 0.333. The molecule has 0 radical (unpaired) electrons. The van der Waals surface area contributed by atoms with Crippen LogP contribution in [0.15, 0.2) is 24.3 Å². The summed E-state index contributed by atoms with van der Waals surface area (Å²) in [6.45, 7) is 0.590. The predicted molar refractivity (Wildman–Crippen MR) is 59.3 cm³/mol. The van der Waals surface area contributed by atoms with E-state index < -0.39 is 0 Å². The first-order valence-corrected chi connectivity index (χ1v) is 4.33. The van der Waals surface area contributed by atoms with Crippen molar-refractivity contribution in [3.63, 3.8) is 0 Å². The number of halogens is 2. The molecule has 1 atom stereocenters. The summed E-state index contributed by atoms with van der Waals surface area (Å²) in [5.74, 6) is 0. The summed E-state index contributed by atoms with van der Waals surface area (Å²) >= 11 is 5.93. The average Bonchev–Trinajstić information content (AvgIpc) is 2.05. The number of hydrogen-bond donors (Lipinski definition) is 2. The van der Waals surface area contributed by atoms with Gasteiger partial charge >= 0.3 is 0 Å². The van der Waals surface area contributed by atoms with Crippen LogP contribution in [0.1, 0.15) is 18.0 Å². The van der Waals surface area contributed by atoms with Crippen molar-refractivity contribution < 1.29 is 0 Å². The quantitative estimate of drug-likeness (QED) is 0.821. The van der Waals surface area contributed by atoms with Crippen molar-refractivity contribution in [2.24, 2.45) is 11.5 Å². The molecule has 4 N–H and O–H groups in total. The minimum absolute atomic E-state index is 0. The summed E-state index contributed by atoms with van der Waals surface area (Å²) in [6.07, 6.45) is 0.768. The second-order valence-corrected chi connectivity index (χ2v) is 3.11. The SMILES string of the molecule is Cl.NCC[C@@H](N)c1ccccc1Cl. The van der Waals surface area contributed by atoms with Gasteiger partial charge in [0.2, 0.25) is 0 Å². The Hall–Kier alpha value is -0.280. The Morgan fingerprint density at radius 3 is 2.46 bits per heavy atom. The summed E-state index contributed by atoms with van der Waals surface area (Å²) in [5.41, 5.74) is 12.2. The molecule has 1 rings (SSSR count). The van der Waals surface area contributed by atoms with E-state index in [1.54, 1.807) is 0 Å². The number of nitrogens with two attached hydrogens (primary N) is 2. The lowest BCUT2D eigenvalue weighted by Crippen LogP contribution is -2.15. The van der Waals surface area contributed by atoms with Crippen molar-refractivity contribution in [1.29, 1.82) is 0 Å². The highest BCUT2D eigenvalue weighted by Gasteiger charge is 2.07. The van der Waals surface area contributed by atoms with Crippen LogP contribution in [0.4, 0.5) is 0 Å². The van der Waals surface area contributed by atoms with Crippen LogP contribution < -0.4 is 11.5 Å². The van der Waals surface area contributed by atoms with Gasteiger partial charge in [0, 0.05) is 11.1 Å². The monoisotopic (exact) mass is 220 g/mol. The average molecular weight is 221 g/mol. The predicted octanol–water partition coefficient (Wildman–Crippen LogP) is 2.11. The molecule has 1 aromatic rings. The number of rotatable bonds is 3. The fourth-order valence-corrected chi connectivity index (χ4v) is 1.39. The summed E-state index contributed by atoms with van der Waals surface area (Å²) in [6, 6.07) is 7.55. The maximum atomic E-state index is 5.93. The molecule has 0 aromatic heterocycles. The first-order valence-electron chi connectivity index (χ1n) is 3.95. The van der Waals surface area contributed by atoms with Crippen molar-refractivity contribution in [3.8, 4) is 0 Å². The lowest BCUT2D eigenvalue weighted by molar-refractivity contribution is 0.661. The molecule has 13 heavy (non-hydrogen) atoms. The Labute approximate surface area is 89.7 Å². The normalized spacial score (nSPS) is 11.9. The van der Waals surface area contributed by atoms with E-state index >= 15 is 0 Å². The highest BCUT2D eigenvalue weighted by molar-refractivity contribution is 6.31. The van der Waals surface area contributed by atoms with Gasteiger partial charge in [-0.3, -0.25) is 0 Å². The van der Waals surface area contributed by atoms with E-state index in [1.165, 1.54) is 0 Å². The van der Waals surface area contributed by atoms with E-state index in [9.17, 15) is 0 Å². The summed E-state index contributed by atoms with van der Waals surface area (Å²) in [7, 11) is 0. The fourth-order valence-electron chi connectivity index (χ4n) is 1.11. The minimum Gasteiger partial charge on any atom is -0.330 e. The van der Waals surface area contributed by atoms with Crippen LogP contribution in [0.3, 0.4) is 0 Å². The van der Waals surface area contributed by atoms with Gasteiger partial charge in [0.15, 0.2) is 0 Å². The Morgan fingerprint density at radius 1 is 1.31 bits per heavy atom. The van der Waals surface area contributed by atoms with Crippen LogP contribution in [0.25, 0.3) is 0 Å². The second kappa shape index (κ2) is 6.22. The van der Waals surface area contributed by atoms with Gasteiger partial charge in [0.25, 0.3) is 0 Å². The van der Waals surface area contributed by atoms with Crippen LogP contribution in [-0.4, -0.2) is 6.54 Å². The Morgan fingerprint density at radius 2 is 1.92 bits per heavy atom. The van der Waals surface area contributed by atoms with Gasteiger partial charge in [0.1, 0.15) is 0 Å². The molecule has 2 nitrogen and oxygen atoms in total. The molecule has 74 valence electrons. The van der Waals surface area contributed by atoms with Crippen molar-refractivity contribution in [2.45, 2.75) is 12.5 Å². The summed E-state index contributed by atoms with van der Waals surface area (Å²) < 4.78 is 0. The molecule has 0 aliphatic carbocycles. The van der Waals surface area contributed by atoms with Crippen LogP contribution >= 0.6 is 24.0 Å². The minimum atomic E-state index is -0.0382. The molecular formula is C9H14Cl2N2. The molecule has 1 aromatic carbocycles. The smallest absolute Gasteiger partial charge is 0.0453 e. The third-order valence-electron chi connectivity index (χ3n) is 1.78. The lowest BCUT2D eigenvalue weighted by atomic mass is 10.1. The highest BCUT2D eigenvalue weighted by atomic mass is 35.5. The van der Waals surface area contributed by atoms with E-state index in [-0.39, 0.29) is 18.4 Å². The summed E-state index contributed by atoms with van der Waals surface area (Å²) in [5, 5.41) is 0.721. The second-order valence-electron chi connectivity index (χ2n) is 2.71. The largest absolute Gasteiger partial charge is 0.330 e. The molecule has 4 heteroatoms. The van der Waals surface area contributed by atoms with Crippen molar-refractivity contribution in [1.82, 2.24) is 0 Å². The van der Waals surface area contributed by atoms with Crippen LogP contribution in [-0.2, 0) is 0 Å². The molecular weight excluding hydrogens is 207 g/mol. The molecule has 0 aliphatic heterocycles. The number of benzene rings is 1. The molecule has 0 aliphatic rings. The van der Waals surface area contributed by atoms with Crippen LogP contribution in [0.5, 0.6) is 0 Å². The van der Waals surface area contributed by atoms with Gasteiger partial charge in [-0.15, -0.1) is 12.4 Å². The van der Waals surface area contributed by atoms with Crippen molar-refractivity contribution in [2.75, 3.05) is 6.54 Å². The summed E-state index contributed by atoms with van der Waals surface area (Å²) in [4.78, 5) is 0. The topological polar surface area (TPSA) is 52.0 Å². The molecule has 0 saturated heterocycles. The molecule has 0 fully saturated rings. The van der Waals surface area contributed by atoms with E-state index in [0.29, 0.717) is 6.54 Å². The number of hydrogen-bond acceptors (Lipinski definition) is 2. The standard InChI is InChI=1S/C9H13ClN2.ClH/c10-8-4-2-1-3-7(8)9(12)5-6-11;/h1-4,9H,5-6,11-12H2;1H/t9-;/m1./s1. The van der Waals surface area contributed by atoms with E-state index in [1.807, 2.05) is 24.3 Å². The van der Waals surface area contributed by atoms with E-state index in [0.717, 1.165) is 17.0 Å². The van der Waals surface area contributed by atoms with Crippen molar-refractivity contribution in [3.05, 3.63) is 34.9 Å².